The first-order chi connectivity index (χ1) is 15.1. The molecule has 2 aromatic carbocycles. The molecular weight excluding hydrogens is 406 g/mol. The molecule has 0 aliphatic heterocycles. The molecule has 0 aliphatic rings. The minimum atomic E-state index is -0.0907. The summed E-state index contributed by atoms with van der Waals surface area (Å²) in [5, 5.41) is 12.3. The number of thioether (sulfide) groups is 1. The Labute approximate surface area is 185 Å². The molecule has 31 heavy (non-hydrogen) atoms. The van der Waals surface area contributed by atoms with Crippen molar-refractivity contribution in [2.45, 2.75) is 25.4 Å². The number of aryl methyl sites for hydroxylation is 2. The van der Waals surface area contributed by atoms with Crippen molar-refractivity contribution in [2.75, 3.05) is 11.1 Å². The summed E-state index contributed by atoms with van der Waals surface area (Å²) in [6.45, 7) is 4.15. The highest BCUT2D eigenvalue weighted by Gasteiger charge is 2.18. The zero-order chi connectivity index (χ0) is 21.6. The number of carbonyl (C=O) groups excluding carboxylic acids is 1. The lowest BCUT2D eigenvalue weighted by Gasteiger charge is -2.10. The van der Waals surface area contributed by atoms with Crippen LogP contribution in [-0.2, 0) is 11.2 Å². The first-order valence-electron chi connectivity index (χ1n) is 10.1. The van der Waals surface area contributed by atoms with Crippen LogP contribution in [0.1, 0.15) is 18.1 Å². The predicted octanol–water partition coefficient (Wildman–Crippen LogP) is 4.93. The minimum Gasteiger partial charge on any atom is -0.325 e. The molecule has 1 amide bonds. The van der Waals surface area contributed by atoms with Gasteiger partial charge in [-0.25, -0.2) is 0 Å². The van der Waals surface area contributed by atoms with Crippen LogP contribution in [0.25, 0.3) is 17.2 Å². The fourth-order valence-corrected chi connectivity index (χ4v) is 3.85. The molecule has 0 spiro atoms. The lowest BCUT2D eigenvalue weighted by atomic mass is 10.1. The van der Waals surface area contributed by atoms with Gasteiger partial charge in [0.25, 0.3) is 0 Å². The Morgan fingerprint density at radius 1 is 1.00 bits per heavy atom. The van der Waals surface area contributed by atoms with Crippen LogP contribution in [0.15, 0.2) is 78.1 Å². The van der Waals surface area contributed by atoms with Crippen LogP contribution in [-0.4, -0.2) is 31.4 Å². The maximum Gasteiger partial charge on any atom is 0.234 e. The summed E-state index contributed by atoms with van der Waals surface area (Å²) >= 11 is 1.35. The van der Waals surface area contributed by atoms with E-state index in [0.717, 1.165) is 23.5 Å². The van der Waals surface area contributed by atoms with Crippen LogP contribution >= 0.6 is 11.8 Å². The predicted molar refractivity (Wildman–Crippen MR) is 125 cm³/mol. The van der Waals surface area contributed by atoms with Gasteiger partial charge in [0, 0.05) is 17.6 Å². The van der Waals surface area contributed by atoms with Crippen molar-refractivity contribution in [3.05, 3.63) is 84.1 Å². The number of aromatic nitrogens is 4. The zero-order valence-electron chi connectivity index (χ0n) is 17.4. The van der Waals surface area contributed by atoms with E-state index in [1.54, 1.807) is 6.20 Å². The van der Waals surface area contributed by atoms with Crippen LogP contribution in [0, 0.1) is 6.92 Å². The molecule has 2 heterocycles. The minimum absolute atomic E-state index is 0.0907. The van der Waals surface area contributed by atoms with Crippen LogP contribution in [0.4, 0.5) is 5.69 Å². The van der Waals surface area contributed by atoms with Crippen molar-refractivity contribution in [3.63, 3.8) is 0 Å². The van der Waals surface area contributed by atoms with Crippen molar-refractivity contribution in [3.8, 4) is 17.2 Å². The Morgan fingerprint density at radius 3 is 2.45 bits per heavy atom. The second kappa shape index (κ2) is 9.57. The second-order valence-corrected chi connectivity index (χ2v) is 8.02. The third-order valence-electron chi connectivity index (χ3n) is 4.80. The summed E-state index contributed by atoms with van der Waals surface area (Å²) in [4.78, 5) is 16.9. The summed E-state index contributed by atoms with van der Waals surface area (Å²) in [5.41, 5.74) is 4.84. The van der Waals surface area contributed by atoms with Gasteiger partial charge in [-0.1, -0.05) is 54.6 Å². The van der Waals surface area contributed by atoms with Crippen molar-refractivity contribution < 1.29 is 4.79 Å². The zero-order valence-corrected chi connectivity index (χ0v) is 18.3. The number of hydrogen-bond donors (Lipinski definition) is 1. The van der Waals surface area contributed by atoms with Crippen LogP contribution < -0.4 is 5.32 Å². The number of amides is 1. The van der Waals surface area contributed by atoms with E-state index in [2.05, 4.69) is 27.4 Å². The number of pyridine rings is 1. The second-order valence-electron chi connectivity index (χ2n) is 7.08. The van der Waals surface area contributed by atoms with Gasteiger partial charge in [-0.2, -0.15) is 0 Å². The highest BCUT2D eigenvalue weighted by atomic mass is 32.2. The molecule has 156 valence electrons. The normalized spacial score (nSPS) is 10.8. The van der Waals surface area contributed by atoms with Gasteiger partial charge in [-0.3, -0.25) is 14.3 Å². The average Bonchev–Trinajstić information content (AvgIpc) is 3.23. The number of nitrogens with one attached hydrogen (secondary N) is 1. The summed E-state index contributed by atoms with van der Waals surface area (Å²) < 4.78 is 1.94. The van der Waals surface area contributed by atoms with Crippen LogP contribution in [0.3, 0.4) is 0 Å². The van der Waals surface area contributed by atoms with E-state index < -0.39 is 0 Å². The molecular formula is C24H23N5OS. The van der Waals surface area contributed by atoms with Crippen molar-refractivity contribution >= 4 is 23.4 Å². The molecule has 4 aromatic rings. The Kier molecular flexibility index (Phi) is 6.43. The molecule has 0 saturated carbocycles. The SMILES string of the molecule is CCc1ccc(NC(=O)CSc2nnc(-c3ccccn3)n2-c2ccc(C)cc2)cc1. The Balaban J connectivity index is 1.55. The quantitative estimate of drug-likeness (QED) is 0.422. The Bertz CT molecular complexity index is 1160. The van der Waals surface area contributed by atoms with Crippen LogP contribution in [0.5, 0.6) is 0 Å². The van der Waals surface area contributed by atoms with Gasteiger partial charge in [0.2, 0.25) is 5.91 Å². The first-order valence-corrected chi connectivity index (χ1v) is 11.1. The molecule has 4 rings (SSSR count). The monoisotopic (exact) mass is 429 g/mol. The molecule has 0 radical (unpaired) electrons. The molecule has 0 atom stereocenters. The highest BCUT2D eigenvalue weighted by Crippen LogP contribution is 2.27. The van der Waals surface area contributed by atoms with E-state index in [9.17, 15) is 4.79 Å². The van der Waals surface area contributed by atoms with E-state index in [1.165, 1.54) is 22.9 Å². The first kappa shape index (κ1) is 20.8. The van der Waals surface area contributed by atoms with Crippen molar-refractivity contribution in [2.24, 2.45) is 0 Å². The molecule has 0 saturated heterocycles. The Hall–Kier alpha value is -3.45. The molecule has 0 fully saturated rings. The molecule has 0 bridgehead atoms. The van der Waals surface area contributed by atoms with Crippen LogP contribution in [0.2, 0.25) is 0 Å². The largest absolute Gasteiger partial charge is 0.325 e. The van der Waals surface area contributed by atoms with Gasteiger partial charge in [0.1, 0.15) is 5.69 Å². The fraction of sp³-hybridized carbons (Fsp3) is 0.167. The van der Waals surface area contributed by atoms with Crippen molar-refractivity contribution in [1.29, 1.82) is 0 Å². The van der Waals surface area contributed by atoms with E-state index in [0.29, 0.717) is 11.0 Å². The topological polar surface area (TPSA) is 72.7 Å². The number of benzene rings is 2. The standard InChI is InChI=1S/C24H23N5OS/c1-3-18-9-11-19(12-10-18)26-22(30)16-31-24-28-27-23(21-6-4-5-15-25-21)29(24)20-13-7-17(2)8-14-20/h4-15H,3,16H2,1-2H3,(H,26,30). The molecule has 2 aromatic heterocycles. The van der Waals surface area contributed by atoms with E-state index in [4.69, 9.17) is 0 Å². The third kappa shape index (κ3) is 5.00. The maximum atomic E-state index is 12.5. The molecule has 0 aliphatic carbocycles. The smallest absolute Gasteiger partial charge is 0.234 e. The van der Waals surface area contributed by atoms with Crippen molar-refractivity contribution in [1.82, 2.24) is 19.7 Å². The van der Waals surface area contributed by atoms with E-state index >= 15 is 0 Å². The van der Waals surface area contributed by atoms with Gasteiger partial charge in [-0.15, -0.1) is 10.2 Å². The average molecular weight is 430 g/mol. The molecule has 6 nitrogen and oxygen atoms in total. The third-order valence-corrected chi connectivity index (χ3v) is 5.73. The summed E-state index contributed by atoms with van der Waals surface area (Å²) in [5.74, 6) is 0.775. The number of nitrogens with zero attached hydrogens (tertiary/aromatic N) is 4. The molecule has 7 heteroatoms. The lowest BCUT2D eigenvalue weighted by Crippen LogP contribution is -2.14. The van der Waals surface area contributed by atoms with Gasteiger partial charge in [0.15, 0.2) is 11.0 Å². The van der Waals surface area contributed by atoms with Gasteiger partial charge >= 0.3 is 0 Å². The fourth-order valence-electron chi connectivity index (χ4n) is 3.10. The van der Waals surface area contributed by atoms with E-state index in [1.807, 2.05) is 78.2 Å². The summed E-state index contributed by atoms with van der Waals surface area (Å²) in [6, 6.07) is 21.7. The lowest BCUT2D eigenvalue weighted by molar-refractivity contribution is -0.113. The molecule has 0 unspecified atom stereocenters. The maximum absolute atomic E-state index is 12.5. The number of anilines is 1. The summed E-state index contributed by atoms with van der Waals surface area (Å²) in [7, 11) is 0. The molecule has 1 N–H and O–H groups in total. The van der Waals surface area contributed by atoms with Gasteiger partial charge in [0.05, 0.1) is 5.75 Å². The van der Waals surface area contributed by atoms with Gasteiger partial charge < -0.3 is 5.32 Å². The van der Waals surface area contributed by atoms with Gasteiger partial charge in [-0.05, 0) is 55.3 Å². The number of rotatable bonds is 7. The van der Waals surface area contributed by atoms with E-state index in [-0.39, 0.29) is 11.7 Å². The number of carbonyl (C=O) groups is 1. The Morgan fingerprint density at radius 2 is 1.77 bits per heavy atom. The number of hydrogen-bond acceptors (Lipinski definition) is 5. The highest BCUT2D eigenvalue weighted by molar-refractivity contribution is 7.99. The summed E-state index contributed by atoms with van der Waals surface area (Å²) in [6.07, 6.45) is 2.70.